The van der Waals surface area contributed by atoms with Crippen LogP contribution in [0, 0.1) is 0 Å². The van der Waals surface area contributed by atoms with Crippen molar-refractivity contribution in [2.45, 2.75) is 59.4 Å². The standard InChI is InChI=1S/C20H28FNO2/c1-5-24-20(23)19(21)15(4)16-10-11-18-17(13-16)9-7-6-8-12-22(18)14(2)3/h10-11,13-14H,5-9,12H2,1-4H3/b19-15+. The summed E-state index contributed by atoms with van der Waals surface area (Å²) in [7, 11) is 0. The topological polar surface area (TPSA) is 29.5 Å². The highest BCUT2D eigenvalue weighted by molar-refractivity contribution is 5.95. The highest BCUT2D eigenvalue weighted by Crippen LogP contribution is 2.31. The Kier molecular flexibility index (Phi) is 6.41. The quantitative estimate of drug-likeness (QED) is 0.580. The number of carbonyl (C=O) groups is 1. The lowest BCUT2D eigenvalue weighted by molar-refractivity contribution is -0.140. The van der Waals surface area contributed by atoms with Crippen molar-refractivity contribution in [2.24, 2.45) is 0 Å². The number of hydrogen-bond donors (Lipinski definition) is 0. The summed E-state index contributed by atoms with van der Waals surface area (Å²) in [5.74, 6) is -1.69. The van der Waals surface area contributed by atoms with E-state index in [0.29, 0.717) is 11.6 Å². The van der Waals surface area contributed by atoms with E-state index in [2.05, 4.69) is 24.8 Å². The van der Waals surface area contributed by atoms with Gasteiger partial charge in [-0.15, -0.1) is 0 Å². The highest BCUT2D eigenvalue weighted by Gasteiger charge is 2.19. The summed E-state index contributed by atoms with van der Waals surface area (Å²) in [6.45, 7) is 8.93. The number of nitrogens with zero attached hydrogens (tertiary/aromatic N) is 1. The molecule has 24 heavy (non-hydrogen) atoms. The van der Waals surface area contributed by atoms with Crippen LogP contribution in [-0.4, -0.2) is 25.2 Å². The van der Waals surface area contributed by atoms with Crippen molar-refractivity contribution < 1.29 is 13.9 Å². The predicted molar refractivity (Wildman–Crippen MR) is 96.8 cm³/mol. The first-order valence-electron chi connectivity index (χ1n) is 8.89. The molecular weight excluding hydrogens is 305 g/mol. The van der Waals surface area contributed by atoms with Crippen LogP contribution in [0.2, 0.25) is 0 Å². The van der Waals surface area contributed by atoms with E-state index >= 15 is 0 Å². The Balaban J connectivity index is 2.40. The van der Waals surface area contributed by atoms with Gasteiger partial charge in [0, 0.05) is 18.3 Å². The number of ether oxygens (including phenoxy) is 1. The number of rotatable bonds is 4. The fraction of sp³-hybridized carbons (Fsp3) is 0.550. The van der Waals surface area contributed by atoms with Gasteiger partial charge in [0.05, 0.1) is 6.61 Å². The lowest BCUT2D eigenvalue weighted by Gasteiger charge is -2.33. The molecule has 0 saturated carbocycles. The number of halogens is 1. The first kappa shape index (κ1) is 18.5. The minimum absolute atomic E-state index is 0.174. The number of fused-ring (bicyclic) bond motifs is 1. The summed E-state index contributed by atoms with van der Waals surface area (Å²) in [6, 6.07) is 6.44. The fourth-order valence-corrected chi connectivity index (χ4v) is 3.20. The molecule has 0 aliphatic carbocycles. The first-order chi connectivity index (χ1) is 11.5. The molecule has 3 nitrogen and oxygen atoms in total. The minimum atomic E-state index is -0.884. The number of benzene rings is 1. The van der Waals surface area contributed by atoms with Crippen molar-refractivity contribution in [3.63, 3.8) is 0 Å². The van der Waals surface area contributed by atoms with Crippen LogP contribution in [0.1, 0.15) is 58.1 Å². The van der Waals surface area contributed by atoms with E-state index in [-0.39, 0.29) is 6.61 Å². The van der Waals surface area contributed by atoms with Gasteiger partial charge in [0.25, 0.3) is 0 Å². The Hall–Kier alpha value is -1.84. The number of aryl methyl sites for hydroxylation is 1. The summed E-state index contributed by atoms with van der Waals surface area (Å²) in [5.41, 5.74) is 3.56. The van der Waals surface area contributed by atoms with Gasteiger partial charge in [-0.2, -0.15) is 4.39 Å². The second kappa shape index (κ2) is 8.32. The molecule has 0 aromatic heterocycles. The molecule has 0 fully saturated rings. The van der Waals surface area contributed by atoms with Crippen molar-refractivity contribution in [2.75, 3.05) is 18.1 Å². The second-order valence-electron chi connectivity index (χ2n) is 6.60. The molecule has 2 rings (SSSR count). The van der Waals surface area contributed by atoms with Crippen molar-refractivity contribution in [1.82, 2.24) is 0 Å². The van der Waals surface area contributed by atoms with Crippen LogP contribution in [0.5, 0.6) is 0 Å². The number of hydrogen-bond acceptors (Lipinski definition) is 3. The molecule has 0 spiro atoms. The van der Waals surface area contributed by atoms with Crippen LogP contribution in [-0.2, 0) is 16.0 Å². The third-order valence-electron chi connectivity index (χ3n) is 4.57. The van der Waals surface area contributed by atoms with E-state index in [1.54, 1.807) is 13.8 Å². The van der Waals surface area contributed by atoms with Crippen molar-refractivity contribution >= 4 is 17.2 Å². The van der Waals surface area contributed by atoms with Gasteiger partial charge in [0.1, 0.15) is 0 Å². The third kappa shape index (κ3) is 4.16. The SMILES string of the molecule is CCOC(=O)/C(F)=C(/C)c1ccc2c(c1)CCCCCN2C(C)C. The maximum Gasteiger partial charge on any atom is 0.367 e. The van der Waals surface area contributed by atoms with Gasteiger partial charge in [-0.25, -0.2) is 4.79 Å². The van der Waals surface area contributed by atoms with Crippen LogP contribution in [0.4, 0.5) is 10.1 Å². The van der Waals surface area contributed by atoms with Crippen LogP contribution in [0.3, 0.4) is 0 Å². The minimum Gasteiger partial charge on any atom is -0.461 e. The Morgan fingerprint density at radius 3 is 2.71 bits per heavy atom. The molecule has 132 valence electrons. The molecule has 0 unspecified atom stereocenters. The molecule has 1 aliphatic rings. The van der Waals surface area contributed by atoms with E-state index in [4.69, 9.17) is 4.74 Å². The van der Waals surface area contributed by atoms with Gasteiger partial charge in [-0.3, -0.25) is 0 Å². The number of carbonyl (C=O) groups excluding carboxylic acids is 1. The molecule has 1 aromatic carbocycles. The molecular formula is C20H28FNO2. The summed E-state index contributed by atoms with van der Waals surface area (Å²) < 4.78 is 19.0. The van der Waals surface area contributed by atoms with Gasteiger partial charge in [-0.1, -0.05) is 12.5 Å². The largest absolute Gasteiger partial charge is 0.461 e. The van der Waals surface area contributed by atoms with E-state index < -0.39 is 11.8 Å². The molecule has 1 aliphatic heterocycles. The van der Waals surface area contributed by atoms with Crippen molar-refractivity contribution in [3.05, 3.63) is 35.2 Å². The molecule has 0 N–H and O–H groups in total. The van der Waals surface area contributed by atoms with E-state index in [9.17, 15) is 9.18 Å². The maximum absolute atomic E-state index is 14.2. The average Bonchev–Trinajstić information content (AvgIpc) is 2.54. The van der Waals surface area contributed by atoms with Crippen LogP contribution < -0.4 is 4.90 Å². The maximum atomic E-state index is 14.2. The zero-order valence-electron chi connectivity index (χ0n) is 15.2. The Labute approximate surface area is 144 Å². The lowest BCUT2D eigenvalue weighted by atomic mass is 9.96. The van der Waals surface area contributed by atoms with Crippen LogP contribution in [0.25, 0.3) is 5.57 Å². The molecule has 0 saturated heterocycles. The van der Waals surface area contributed by atoms with Crippen molar-refractivity contribution in [3.8, 4) is 0 Å². The first-order valence-corrected chi connectivity index (χ1v) is 8.89. The number of anilines is 1. The molecule has 0 amide bonds. The molecule has 1 aromatic rings. The average molecular weight is 333 g/mol. The summed E-state index contributed by atoms with van der Waals surface area (Å²) in [6.07, 6.45) is 4.54. The zero-order chi connectivity index (χ0) is 17.7. The third-order valence-corrected chi connectivity index (χ3v) is 4.57. The lowest BCUT2D eigenvalue weighted by Crippen LogP contribution is -2.33. The predicted octanol–water partition coefficient (Wildman–Crippen LogP) is 4.89. The molecule has 0 bridgehead atoms. The second-order valence-corrected chi connectivity index (χ2v) is 6.60. The molecule has 1 heterocycles. The monoisotopic (exact) mass is 333 g/mol. The van der Waals surface area contributed by atoms with Gasteiger partial charge in [0.2, 0.25) is 5.83 Å². The summed E-state index contributed by atoms with van der Waals surface area (Å²) >= 11 is 0. The fourth-order valence-electron chi connectivity index (χ4n) is 3.20. The van der Waals surface area contributed by atoms with Gasteiger partial charge in [-0.05, 0) is 75.8 Å². The van der Waals surface area contributed by atoms with Crippen LogP contribution in [0.15, 0.2) is 24.0 Å². The summed E-state index contributed by atoms with van der Waals surface area (Å²) in [4.78, 5) is 14.0. The van der Waals surface area contributed by atoms with E-state index in [1.165, 1.54) is 24.1 Å². The highest BCUT2D eigenvalue weighted by atomic mass is 19.1. The van der Waals surface area contributed by atoms with E-state index in [1.807, 2.05) is 12.1 Å². The molecule has 0 radical (unpaired) electrons. The Morgan fingerprint density at radius 1 is 1.29 bits per heavy atom. The normalized spacial score (nSPS) is 16.2. The zero-order valence-corrected chi connectivity index (χ0v) is 15.2. The van der Waals surface area contributed by atoms with Crippen LogP contribution >= 0.6 is 0 Å². The van der Waals surface area contributed by atoms with Gasteiger partial charge < -0.3 is 9.64 Å². The smallest absolute Gasteiger partial charge is 0.367 e. The number of esters is 1. The van der Waals surface area contributed by atoms with Gasteiger partial charge >= 0.3 is 5.97 Å². The van der Waals surface area contributed by atoms with Gasteiger partial charge in [0.15, 0.2) is 0 Å². The summed E-state index contributed by atoms with van der Waals surface area (Å²) in [5, 5.41) is 0. The molecule has 4 heteroatoms. The number of allylic oxidation sites excluding steroid dienone is 1. The Bertz CT molecular complexity index is 622. The van der Waals surface area contributed by atoms with Crippen molar-refractivity contribution in [1.29, 1.82) is 0 Å². The Morgan fingerprint density at radius 2 is 2.04 bits per heavy atom. The molecule has 0 atom stereocenters. The van der Waals surface area contributed by atoms with E-state index in [0.717, 1.165) is 24.9 Å².